The Labute approximate surface area is 184 Å². The van der Waals surface area contributed by atoms with Gasteiger partial charge in [0.1, 0.15) is 0 Å². The van der Waals surface area contributed by atoms with Gasteiger partial charge in [0.15, 0.2) is 0 Å². The number of carbonyl (C=O) groups is 2. The predicted molar refractivity (Wildman–Crippen MR) is 120 cm³/mol. The minimum atomic E-state index is -0.0708. The summed E-state index contributed by atoms with van der Waals surface area (Å²) in [5.74, 6) is 0.0710. The number of hydrogen-bond acceptors (Lipinski definition) is 4. The van der Waals surface area contributed by atoms with Crippen LogP contribution in [-0.4, -0.2) is 51.8 Å². The maximum absolute atomic E-state index is 13.0. The summed E-state index contributed by atoms with van der Waals surface area (Å²) in [5.41, 5.74) is 2.35. The minimum absolute atomic E-state index is 0.0708. The molecule has 0 atom stereocenters. The first kappa shape index (κ1) is 21.5. The van der Waals surface area contributed by atoms with Crippen molar-refractivity contribution in [2.45, 2.75) is 63.7 Å². The fourth-order valence-electron chi connectivity index (χ4n) is 4.39. The number of rotatable bonds is 9. The molecule has 164 valence electrons. The van der Waals surface area contributed by atoms with E-state index < -0.39 is 0 Å². The Morgan fingerprint density at radius 3 is 2.26 bits per heavy atom. The van der Waals surface area contributed by atoms with Crippen LogP contribution in [0.25, 0.3) is 0 Å². The van der Waals surface area contributed by atoms with E-state index >= 15 is 0 Å². The van der Waals surface area contributed by atoms with E-state index in [0.717, 1.165) is 50.9 Å². The van der Waals surface area contributed by atoms with Crippen molar-refractivity contribution in [2.75, 3.05) is 13.1 Å². The summed E-state index contributed by atoms with van der Waals surface area (Å²) in [6.45, 7) is 3.48. The van der Waals surface area contributed by atoms with Crippen LogP contribution < -0.4 is 5.32 Å². The van der Waals surface area contributed by atoms with Crippen molar-refractivity contribution < 1.29 is 9.59 Å². The van der Waals surface area contributed by atoms with Crippen molar-refractivity contribution in [2.24, 2.45) is 0 Å². The zero-order valence-corrected chi connectivity index (χ0v) is 18.1. The Hall–Kier alpha value is -2.73. The summed E-state index contributed by atoms with van der Waals surface area (Å²) >= 11 is 0. The van der Waals surface area contributed by atoms with E-state index in [9.17, 15) is 9.59 Å². The molecule has 31 heavy (non-hydrogen) atoms. The first-order valence-electron chi connectivity index (χ1n) is 11.4. The highest BCUT2D eigenvalue weighted by molar-refractivity contribution is 5.84. The van der Waals surface area contributed by atoms with Crippen molar-refractivity contribution in [3.8, 4) is 0 Å². The lowest BCUT2D eigenvalue weighted by molar-refractivity contribution is -0.137. The number of pyridine rings is 1. The number of hydrogen-bond donors (Lipinski definition) is 1. The van der Waals surface area contributed by atoms with Crippen LogP contribution in [-0.2, 0) is 22.7 Å². The Morgan fingerprint density at radius 2 is 1.58 bits per heavy atom. The average Bonchev–Trinajstić information content (AvgIpc) is 3.64. The third-order valence-corrected chi connectivity index (χ3v) is 6.23. The smallest absolute Gasteiger partial charge is 0.223 e. The molecule has 2 fully saturated rings. The Balaban J connectivity index is 1.22. The van der Waals surface area contributed by atoms with E-state index in [1.54, 1.807) is 12.4 Å². The summed E-state index contributed by atoms with van der Waals surface area (Å²) < 4.78 is 0. The van der Waals surface area contributed by atoms with Crippen LogP contribution in [0.3, 0.4) is 0 Å². The summed E-state index contributed by atoms with van der Waals surface area (Å²) in [7, 11) is 0. The number of benzene rings is 1. The van der Waals surface area contributed by atoms with Gasteiger partial charge in [-0.2, -0.15) is 0 Å². The molecule has 1 saturated carbocycles. The second-order valence-corrected chi connectivity index (χ2v) is 8.66. The molecular formula is C25H32N4O2. The summed E-state index contributed by atoms with van der Waals surface area (Å²) in [6, 6.07) is 15.0. The molecule has 0 spiro atoms. The molecule has 1 N–H and O–H groups in total. The molecule has 1 aromatic heterocycles. The SMILES string of the molecule is O=C(CCC(=O)N(C1CC1)C1CCN(Cc2ccccc2)CC1)NCc1ccncc1. The number of carbonyl (C=O) groups excluding carboxylic acids is 2. The first-order valence-corrected chi connectivity index (χ1v) is 11.4. The van der Waals surface area contributed by atoms with Gasteiger partial charge in [-0.05, 0) is 48.9 Å². The number of likely N-dealkylation sites (tertiary alicyclic amines) is 1. The maximum atomic E-state index is 13.0. The van der Waals surface area contributed by atoms with E-state index in [1.165, 1.54) is 5.56 Å². The van der Waals surface area contributed by atoms with Gasteiger partial charge in [-0.25, -0.2) is 0 Å². The number of piperidine rings is 1. The van der Waals surface area contributed by atoms with Crippen LogP contribution in [0, 0.1) is 0 Å². The zero-order chi connectivity index (χ0) is 21.5. The van der Waals surface area contributed by atoms with E-state index in [1.807, 2.05) is 18.2 Å². The summed E-state index contributed by atoms with van der Waals surface area (Å²) in [6.07, 6.45) is 8.21. The molecule has 1 saturated heterocycles. The molecule has 2 heterocycles. The molecule has 1 aliphatic carbocycles. The molecular weight excluding hydrogens is 388 g/mol. The highest BCUT2D eigenvalue weighted by Gasteiger charge is 2.38. The van der Waals surface area contributed by atoms with Gasteiger partial charge in [-0.3, -0.25) is 19.5 Å². The van der Waals surface area contributed by atoms with Gasteiger partial charge >= 0.3 is 0 Å². The van der Waals surface area contributed by atoms with Crippen molar-refractivity contribution >= 4 is 11.8 Å². The Kier molecular flexibility index (Phi) is 7.30. The van der Waals surface area contributed by atoms with Gasteiger partial charge in [-0.15, -0.1) is 0 Å². The maximum Gasteiger partial charge on any atom is 0.223 e. The largest absolute Gasteiger partial charge is 0.352 e. The standard InChI is InChI=1S/C25H32N4O2/c30-24(27-18-20-10-14-26-15-11-20)8-9-25(31)29(22-6-7-22)23-12-16-28(17-13-23)19-21-4-2-1-3-5-21/h1-5,10-11,14-15,22-23H,6-9,12-13,16-19H2,(H,27,30). The van der Waals surface area contributed by atoms with Crippen LogP contribution >= 0.6 is 0 Å². The lowest BCUT2D eigenvalue weighted by Gasteiger charge is -2.39. The average molecular weight is 421 g/mol. The molecule has 2 amide bonds. The van der Waals surface area contributed by atoms with E-state index in [4.69, 9.17) is 0 Å². The molecule has 6 heteroatoms. The van der Waals surface area contributed by atoms with E-state index in [2.05, 4.69) is 44.4 Å². The second kappa shape index (κ2) is 10.5. The molecule has 1 aliphatic heterocycles. The van der Waals surface area contributed by atoms with Crippen molar-refractivity contribution in [3.05, 3.63) is 66.0 Å². The monoisotopic (exact) mass is 420 g/mol. The highest BCUT2D eigenvalue weighted by atomic mass is 16.2. The molecule has 4 rings (SSSR count). The van der Waals surface area contributed by atoms with Gasteiger partial charge < -0.3 is 10.2 Å². The minimum Gasteiger partial charge on any atom is -0.352 e. The van der Waals surface area contributed by atoms with E-state index in [0.29, 0.717) is 25.0 Å². The quantitative estimate of drug-likeness (QED) is 0.677. The van der Waals surface area contributed by atoms with Gasteiger partial charge in [0.2, 0.25) is 11.8 Å². The fourth-order valence-corrected chi connectivity index (χ4v) is 4.39. The Bertz CT molecular complexity index is 846. The number of amides is 2. The highest BCUT2D eigenvalue weighted by Crippen LogP contribution is 2.33. The van der Waals surface area contributed by atoms with E-state index in [-0.39, 0.29) is 18.2 Å². The van der Waals surface area contributed by atoms with Gasteiger partial charge in [0, 0.05) is 63.5 Å². The number of aromatic nitrogens is 1. The van der Waals surface area contributed by atoms with Crippen LogP contribution in [0.15, 0.2) is 54.9 Å². The number of nitrogens with zero attached hydrogens (tertiary/aromatic N) is 3. The van der Waals surface area contributed by atoms with Crippen LogP contribution in [0.1, 0.15) is 49.7 Å². The van der Waals surface area contributed by atoms with Crippen molar-refractivity contribution in [1.82, 2.24) is 20.1 Å². The van der Waals surface area contributed by atoms with Gasteiger partial charge in [0.05, 0.1) is 0 Å². The van der Waals surface area contributed by atoms with Crippen LogP contribution in [0.4, 0.5) is 0 Å². The van der Waals surface area contributed by atoms with Gasteiger partial charge in [0.25, 0.3) is 0 Å². The third kappa shape index (κ3) is 6.37. The fraction of sp³-hybridized carbons (Fsp3) is 0.480. The summed E-state index contributed by atoms with van der Waals surface area (Å²) in [5, 5.41) is 2.90. The lowest BCUT2D eigenvalue weighted by atomic mass is 10.0. The summed E-state index contributed by atoms with van der Waals surface area (Å²) in [4.78, 5) is 33.8. The molecule has 0 radical (unpaired) electrons. The molecule has 2 aliphatic rings. The molecule has 0 bridgehead atoms. The van der Waals surface area contributed by atoms with Gasteiger partial charge in [-0.1, -0.05) is 30.3 Å². The van der Waals surface area contributed by atoms with Crippen LogP contribution in [0.2, 0.25) is 0 Å². The lowest BCUT2D eigenvalue weighted by Crippen LogP contribution is -2.48. The molecule has 6 nitrogen and oxygen atoms in total. The topological polar surface area (TPSA) is 65.5 Å². The van der Waals surface area contributed by atoms with Crippen molar-refractivity contribution in [3.63, 3.8) is 0 Å². The van der Waals surface area contributed by atoms with Crippen LogP contribution in [0.5, 0.6) is 0 Å². The molecule has 1 aromatic carbocycles. The first-order chi connectivity index (χ1) is 15.2. The third-order valence-electron chi connectivity index (χ3n) is 6.23. The molecule has 2 aromatic rings. The normalized spacial score (nSPS) is 17.3. The molecule has 0 unspecified atom stereocenters. The second-order valence-electron chi connectivity index (χ2n) is 8.66. The van der Waals surface area contributed by atoms with Crippen molar-refractivity contribution in [1.29, 1.82) is 0 Å². The predicted octanol–water partition coefficient (Wildman–Crippen LogP) is 3.13. The Morgan fingerprint density at radius 1 is 0.903 bits per heavy atom. The zero-order valence-electron chi connectivity index (χ0n) is 18.1. The number of nitrogens with one attached hydrogen (secondary N) is 1.